The van der Waals surface area contributed by atoms with Crippen molar-refractivity contribution in [3.05, 3.63) is 23.8 Å². The van der Waals surface area contributed by atoms with Crippen molar-refractivity contribution in [2.75, 3.05) is 31.6 Å². The second kappa shape index (κ2) is 5.58. The molecule has 0 aliphatic carbocycles. The number of rotatable bonds is 2. The molecule has 3 rings (SSSR count). The number of nitrogens with one attached hydrogen (secondary N) is 1. The number of ether oxygens (including phenoxy) is 1. The summed E-state index contributed by atoms with van der Waals surface area (Å²) in [6.07, 6.45) is 3.36. The first-order valence-corrected chi connectivity index (χ1v) is 7.92. The Morgan fingerprint density at radius 3 is 2.86 bits per heavy atom. The predicted molar refractivity (Wildman–Crippen MR) is 84.0 cm³/mol. The van der Waals surface area contributed by atoms with Crippen LogP contribution < -0.4 is 10.1 Å². The van der Waals surface area contributed by atoms with Gasteiger partial charge in [0.15, 0.2) is 5.75 Å². The molecule has 0 aromatic heterocycles. The van der Waals surface area contributed by atoms with E-state index in [0.29, 0.717) is 17.6 Å². The third-order valence-electron chi connectivity index (χ3n) is 5.02. The highest BCUT2D eigenvalue weighted by Crippen LogP contribution is 2.36. The Labute approximate surface area is 126 Å². The van der Waals surface area contributed by atoms with E-state index in [2.05, 4.69) is 19.2 Å². The number of piperidine rings is 1. The van der Waals surface area contributed by atoms with Gasteiger partial charge < -0.3 is 15.0 Å². The van der Waals surface area contributed by atoms with Crippen molar-refractivity contribution in [3.8, 4) is 5.75 Å². The van der Waals surface area contributed by atoms with Gasteiger partial charge in [0.2, 0.25) is 0 Å². The lowest BCUT2D eigenvalue weighted by Crippen LogP contribution is -2.42. The van der Waals surface area contributed by atoms with Crippen LogP contribution in [0.15, 0.2) is 18.2 Å². The van der Waals surface area contributed by atoms with Crippen LogP contribution in [0.4, 0.5) is 5.69 Å². The van der Waals surface area contributed by atoms with E-state index < -0.39 is 0 Å². The molecule has 0 bridgehead atoms. The van der Waals surface area contributed by atoms with E-state index >= 15 is 0 Å². The fourth-order valence-corrected chi connectivity index (χ4v) is 3.11. The zero-order valence-corrected chi connectivity index (χ0v) is 12.9. The number of fused-ring (bicyclic) bond motifs is 1. The first-order valence-electron chi connectivity index (χ1n) is 7.92. The minimum absolute atomic E-state index is 0.105. The summed E-state index contributed by atoms with van der Waals surface area (Å²) < 4.78 is 5.72. The molecule has 2 heterocycles. The standard InChI is InChI=1S/C17H24N2O2/c1-3-17(2)7-10-19(11-8-17)16(20)13-5-4-6-14-15(13)21-12-9-18-14/h4-6,18H,3,7-12H2,1-2H3. The maximum atomic E-state index is 12.8. The number of hydrogen-bond donors (Lipinski definition) is 1. The van der Waals surface area contributed by atoms with Crippen molar-refractivity contribution >= 4 is 11.6 Å². The Balaban J connectivity index is 1.78. The minimum Gasteiger partial charge on any atom is -0.489 e. The lowest BCUT2D eigenvalue weighted by molar-refractivity contribution is 0.0596. The van der Waals surface area contributed by atoms with Gasteiger partial charge in [-0.2, -0.15) is 0 Å². The SMILES string of the molecule is CCC1(C)CCN(C(=O)c2cccc3c2OCCN3)CC1. The molecule has 2 aliphatic heterocycles. The van der Waals surface area contributed by atoms with Gasteiger partial charge in [-0.1, -0.05) is 26.3 Å². The predicted octanol–water partition coefficient (Wildman–Crippen LogP) is 3.14. The van der Waals surface area contributed by atoms with Crippen LogP contribution >= 0.6 is 0 Å². The smallest absolute Gasteiger partial charge is 0.257 e. The Kier molecular flexibility index (Phi) is 3.79. The van der Waals surface area contributed by atoms with Crippen molar-refractivity contribution in [3.63, 3.8) is 0 Å². The molecule has 4 nitrogen and oxygen atoms in total. The van der Waals surface area contributed by atoms with Crippen molar-refractivity contribution in [1.82, 2.24) is 4.90 Å². The summed E-state index contributed by atoms with van der Waals surface area (Å²) >= 11 is 0. The number of anilines is 1. The van der Waals surface area contributed by atoms with Gasteiger partial charge >= 0.3 is 0 Å². The summed E-state index contributed by atoms with van der Waals surface area (Å²) in [6.45, 7) is 7.67. The summed E-state index contributed by atoms with van der Waals surface area (Å²) in [7, 11) is 0. The molecular weight excluding hydrogens is 264 g/mol. The van der Waals surface area contributed by atoms with Crippen LogP contribution in [-0.4, -0.2) is 37.0 Å². The van der Waals surface area contributed by atoms with E-state index in [1.165, 1.54) is 6.42 Å². The van der Waals surface area contributed by atoms with E-state index in [0.717, 1.165) is 43.9 Å². The third kappa shape index (κ3) is 2.71. The average Bonchev–Trinajstić information content (AvgIpc) is 2.54. The molecule has 0 radical (unpaired) electrons. The number of benzene rings is 1. The Bertz CT molecular complexity index is 534. The van der Waals surface area contributed by atoms with Crippen molar-refractivity contribution in [1.29, 1.82) is 0 Å². The number of likely N-dealkylation sites (tertiary alicyclic amines) is 1. The molecule has 0 spiro atoms. The van der Waals surface area contributed by atoms with E-state index in [-0.39, 0.29) is 5.91 Å². The Morgan fingerprint density at radius 2 is 2.14 bits per heavy atom. The Morgan fingerprint density at radius 1 is 1.38 bits per heavy atom. The van der Waals surface area contributed by atoms with Crippen molar-refractivity contribution in [2.24, 2.45) is 5.41 Å². The van der Waals surface area contributed by atoms with Crippen LogP contribution in [0.5, 0.6) is 5.75 Å². The van der Waals surface area contributed by atoms with Crippen LogP contribution in [0, 0.1) is 5.41 Å². The summed E-state index contributed by atoms with van der Waals surface area (Å²) in [5, 5.41) is 3.29. The maximum Gasteiger partial charge on any atom is 0.257 e. The Hall–Kier alpha value is -1.71. The lowest BCUT2D eigenvalue weighted by atomic mass is 9.78. The number of hydrogen-bond acceptors (Lipinski definition) is 3. The molecule has 1 aromatic carbocycles. The molecule has 2 aliphatic rings. The molecule has 0 saturated carbocycles. The molecule has 0 atom stereocenters. The fourth-order valence-electron chi connectivity index (χ4n) is 3.11. The topological polar surface area (TPSA) is 41.6 Å². The van der Waals surface area contributed by atoms with Gasteiger partial charge in [0.1, 0.15) is 6.61 Å². The second-order valence-corrected chi connectivity index (χ2v) is 6.41. The number of nitrogens with zero attached hydrogens (tertiary/aromatic N) is 1. The number of carbonyl (C=O) groups excluding carboxylic acids is 1. The largest absolute Gasteiger partial charge is 0.489 e. The molecule has 1 fully saturated rings. The minimum atomic E-state index is 0.105. The number of carbonyl (C=O) groups is 1. The average molecular weight is 288 g/mol. The highest BCUT2D eigenvalue weighted by molar-refractivity contribution is 5.99. The lowest BCUT2D eigenvalue weighted by Gasteiger charge is -2.39. The van der Waals surface area contributed by atoms with E-state index in [9.17, 15) is 4.79 Å². The zero-order valence-electron chi connectivity index (χ0n) is 12.9. The molecule has 114 valence electrons. The second-order valence-electron chi connectivity index (χ2n) is 6.41. The monoisotopic (exact) mass is 288 g/mol. The van der Waals surface area contributed by atoms with Crippen LogP contribution in [-0.2, 0) is 0 Å². The van der Waals surface area contributed by atoms with Gasteiger partial charge in [-0.05, 0) is 30.4 Å². The summed E-state index contributed by atoms with van der Waals surface area (Å²) in [5.74, 6) is 0.825. The quantitative estimate of drug-likeness (QED) is 0.909. The van der Waals surface area contributed by atoms with Crippen LogP contribution in [0.25, 0.3) is 0 Å². The van der Waals surface area contributed by atoms with Crippen LogP contribution in [0.3, 0.4) is 0 Å². The third-order valence-corrected chi connectivity index (χ3v) is 5.02. The van der Waals surface area contributed by atoms with E-state index in [4.69, 9.17) is 4.74 Å². The summed E-state index contributed by atoms with van der Waals surface area (Å²) in [5.41, 5.74) is 2.02. The molecule has 1 saturated heterocycles. The molecule has 1 amide bonds. The first kappa shape index (κ1) is 14.2. The van der Waals surface area contributed by atoms with Gasteiger partial charge in [0.05, 0.1) is 11.3 Å². The first-order chi connectivity index (χ1) is 10.1. The van der Waals surface area contributed by atoms with Gasteiger partial charge in [-0.15, -0.1) is 0 Å². The highest BCUT2D eigenvalue weighted by atomic mass is 16.5. The fraction of sp³-hybridized carbons (Fsp3) is 0.588. The molecule has 1 aromatic rings. The molecule has 21 heavy (non-hydrogen) atoms. The summed E-state index contributed by atoms with van der Waals surface area (Å²) in [4.78, 5) is 14.8. The van der Waals surface area contributed by atoms with Gasteiger partial charge in [0.25, 0.3) is 5.91 Å². The van der Waals surface area contributed by atoms with Gasteiger partial charge in [0, 0.05) is 19.6 Å². The van der Waals surface area contributed by atoms with E-state index in [1.807, 2.05) is 23.1 Å². The van der Waals surface area contributed by atoms with Crippen molar-refractivity contribution in [2.45, 2.75) is 33.1 Å². The highest BCUT2D eigenvalue weighted by Gasteiger charge is 2.32. The van der Waals surface area contributed by atoms with Gasteiger partial charge in [-0.3, -0.25) is 4.79 Å². The molecule has 1 N–H and O–H groups in total. The zero-order chi connectivity index (χ0) is 14.9. The van der Waals surface area contributed by atoms with Crippen molar-refractivity contribution < 1.29 is 9.53 Å². The van der Waals surface area contributed by atoms with E-state index in [1.54, 1.807) is 0 Å². The maximum absolute atomic E-state index is 12.8. The summed E-state index contributed by atoms with van der Waals surface area (Å²) in [6, 6.07) is 5.77. The molecule has 4 heteroatoms. The normalized spacial score (nSPS) is 20.2. The van der Waals surface area contributed by atoms with Crippen LogP contribution in [0.2, 0.25) is 0 Å². The van der Waals surface area contributed by atoms with Crippen LogP contribution in [0.1, 0.15) is 43.5 Å². The van der Waals surface area contributed by atoms with Gasteiger partial charge in [-0.25, -0.2) is 0 Å². The number of para-hydroxylation sites is 1. The number of amides is 1. The molecule has 0 unspecified atom stereocenters. The molecular formula is C17H24N2O2.